The molecule has 3 heteroatoms. The van der Waals surface area contributed by atoms with Gasteiger partial charge in [-0.2, -0.15) is 0 Å². The fraction of sp³-hybridized carbons (Fsp3) is 0.200. The average molecular weight is 307 g/mol. The van der Waals surface area contributed by atoms with Crippen molar-refractivity contribution < 1.29 is 9.84 Å². The maximum absolute atomic E-state index is 10.4. The molecule has 0 bridgehead atoms. The van der Waals surface area contributed by atoms with Crippen LogP contribution in [0, 0.1) is 6.92 Å². The molecule has 0 aliphatic carbocycles. The Kier molecular flexibility index (Phi) is 4.04. The van der Waals surface area contributed by atoms with E-state index in [0.29, 0.717) is 0 Å². The lowest BCUT2D eigenvalue weighted by Gasteiger charge is -2.16. The van der Waals surface area contributed by atoms with Crippen LogP contribution in [0.4, 0.5) is 0 Å². The minimum Gasteiger partial charge on any atom is -0.497 e. The average Bonchev–Trinajstić information content (AvgIpc) is 2.38. The molecule has 2 aromatic rings. The second-order valence-electron chi connectivity index (χ2n) is 4.15. The molecule has 0 aliphatic rings. The summed E-state index contributed by atoms with van der Waals surface area (Å²) in [6.07, 6.45) is -0.633. The lowest BCUT2D eigenvalue weighted by Crippen LogP contribution is -2.02. The van der Waals surface area contributed by atoms with Gasteiger partial charge in [0.25, 0.3) is 0 Å². The first-order chi connectivity index (χ1) is 8.63. The Hall–Kier alpha value is -1.32. The molecule has 0 amide bonds. The van der Waals surface area contributed by atoms with E-state index in [0.717, 1.165) is 26.9 Å². The van der Waals surface area contributed by atoms with Crippen LogP contribution in [-0.2, 0) is 0 Å². The molecular weight excluding hydrogens is 292 g/mol. The highest BCUT2D eigenvalue weighted by molar-refractivity contribution is 9.10. The van der Waals surface area contributed by atoms with Crippen molar-refractivity contribution in [2.45, 2.75) is 13.0 Å². The predicted molar refractivity (Wildman–Crippen MR) is 75.9 cm³/mol. The first-order valence-corrected chi connectivity index (χ1v) is 6.50. The van der Waals surface area contributed by atoms with Crippen molar-refractivity contribution in [1.82, 2.24) is 0 Å². The highest BCUT2D eigenvalue weighted by atomic mass is 79.9. The summed E-state index contributed by atoms with van der Waals surface area (Å²) in [5, 5.41) is 10.4. The molecule has 0 saturated carbocycles. The van der Waals surface area contributed by atoms with Gasteiger partial charge in [-0.25, -0.2) is 0 Å². The van der Waals surface area contributed by atoms with E-state index in [-0.39, 0.29) is 0 Å². The van der Waals surface area contributed by atoms with Crippen LogP contribution in [0.5, 0.6) is 5.75 Å². The smallest absolute Gasteiger partial charge is 0.120 e. The molecule has 18 heavy (non-hydrogen) atoms. The number of benzene rings is 2. The zero-order valence-corrected chi connectivity index (χ0v) is 11.9. The van der Waals surface area contributed by atoms with Gasteiger partial charge < -0.3 is 9.84 Å². The van der Waals surface area contributed by atoms with Crippen LogP contribution in [0.1, 0.15) is 22.8 Å². The molecular formula is C15H15BrO2. The zero-order valence-electron chi connectivity index (χ0n) is 10.4. The largest absolute Gasteiger partial charge is 0.497 e. The molecule has 0 aliphatic heterocycles. The van der Waals surface area contributed by atoms with Gasteiger partial charge in [-0.15, -0.1) is 0 Å². The Bertz CT molecular complexity index is 552. The van der Waals surface area contributed by atoms with Crippen molar-refractivity contribution in [1.29, 1.82) is 0 Å². The van der Waals surface area contributed by atoms with Gasteiger partial charge >= 0.3 is 0 Å². The van der Waals surface area contributed by atoms with Gasteiger partial charge in [0.2, 0.25) is 0 Å². The van der Waals surface area contributed by atoms with Gasteiger partial charge in [0, 0.05) is 4.47 Å². The van der Waals surface area contributed by atoms with E-state index in [4.69, 9.17) is 4.74 Å². The molecule has 2 rings (SSSR count). The molecule has 0 aromatic heterocycles. The number of rotatable bonds is 3. The van der Waals surface area contributed by atoms with Crippen LogP contribution in [0.25, 0.3) is 0 Å². The highest BCUT2D eigenvalue weighted by Gasteiger charge is 2.15. The fourth-order valence-corrected chi connectivity index (χ4v) is 2.49. The van der Waals surface area contributed by atoms with Gasteiger partial charge in [-0.05, 0) is 35.7 Å². The second kappa shape index (κ2) is 5.55. The topological polar surface area (TPSA) is 29.5 Å². The van der Waals surface area contributed by atoms with Gasteiger partial charge in [0.05, 0.1) is 7.11 Å². The Labute approximate surface area is 115 Å². The van der Waals surface area contributed by atoms with E-state index in [9.17, 15) is 5.11 Å². The molecule has 0 spiro atoms. The standard InChI is InChI=1S/C15H15BrO2/c1-10-5-3-4-6-12(10)15(17)13-8-7-11(18-2)9-14(13)16/h3-9,15,17H,1-2H3. The summed E-state index contributed by atoms with van der Waals surface area (Å²) < 4.78 is 5.99. The van der Waals surface area contributed by atoms with Crippen molar-refractivity contribution >= 4 is 15.9 Å². The maximum Gasteiger partial charge on any atom is 0.120 e. The lowest BCUT2D eigenvalue weighted by atomic mass is 9.97. The summed E-state index contributed by atoms with van der Waals surface area (Å²) in [5.41, 5.74) is 2.83. The first-order valence-electron chi connectivity index (χ1n) is 5.70. The molecule has 0 saturated heterocycles. The zero-order chi connectivity index (χ0) is 13.1. The van der Waals surface area contributed by atoms with Crippen LogP contribution >= 0.6 is 15.9 Å². The molecule has 1 unspecified atom stereocenters. The van der Waals surface area contributed by atoms with Crippen LogP contribution < -0.4 is 4.74 Å². The second-order valence-corrected chi connectivity index (χ2v) is 5.00. The van der Waals surface area contributed by atoms with Crippen LogP contribution in [0.15, 0.2) is 46.9 Å². The number of hydrogen-bond acceptors (Lipinski definition) is 2. The molecule has 2 nitrogen and oxygen atoms in total. The molecule has 94 valence electrons. The Morgan fingerprint density at radius 3 is 2.44 bits per heavy atom. The quantitative estimate of drug-likeness (QED) is 0.933. The van der Waals surface area contributed by atoms with Crippen LogP contribution in [0.2, 0.25) is 0 Å². The van der Waals surface area contributed by atoms with Crippen molar-refractivity contribution in [3.8, 4) is 5.75 Å². The minimum absolute atomic E-state index is 0.633. The van der Waals surface area contributed by atoms with Crippen molar-refractivity contribution in [2.24, 2.45) is 0 Å². The summed E-state index contributed by atoms with van der Waals surface area (Å²) >= 11 is 3.47. The monoisotopic (exact) mass is 306 g/mol. The van der Waals surface area contributed by atoms with Crippen LogP contribution in [0.3, 0.4) is 0 Å². The van der Waals surface area contributed by atoms with Gasteiger partial charge in [-0.3, -0.25) is 0 Å². The number of halogens is 1. The van der Waals surface area contributed by atoms with Gasteiger partial charge in [0.1, 0.15) is 11.9 Å². The molecule has 0 fully saturated rings. The summed E-state index contributed by atoms with van der Waals surface area (Å²) in [4.78, 5) is 0. The third-order valence-corrected chi connectivity index (χ3v) is 3.67. The number of hydrogen-bond donors (Lipinski definition) is 1. The number of aliphatic hydroxyl groups excluding tert-OH is 1. The highest BCUT2D eigenvalue weighted by Crippen LogP contribution is 2.32. The normalized spacial score (nSPS) is 12.2. The van der Waals surface area contributed by atoms with E-state index in [2.05, 4.69) is 15.9 Å². The maximum atomic E-state index is 10.4. The minimum atomic E-state index is -0.633. The summed E-state index contributed by atoms with van der Waals surface area (Å²) in [7, 11) is 1.62. The predicted octanol–water partition coefficient (Wildman–Crippen LogP) is 3.85. The Morgan fingerprint density at radius 1 is 1.11 bits per heavy atom. The number of methoxy groups -OCH3 is 1. The molecule has 2 aromatic carbocycles. The lowest BCUT2D eigenvalue weighted by molar-refractivity contribution is 0.218. The van der Waals surface area contributed by atoms with E-state index in [1.165, 1.54) is 0 Å². The van der Waals surface area contributed by atoms with Crippen LogP contribution in [-0.4, -0.2) is 12.2 Å². The van der Waals surface area contributed by atoms with E-state index in [1.54, 1.807) is 7.11 Å². The van der Waals surface area contributed by atoms with Gasteiger partial charge in [-0.1, -0.05) is 46.3 Å². The molecule has 0 heterocycles. The number of aliphatic hydroxyl groups is 1. The third-order valence-electron chi connectivity index (χ3n) is 2.99. The molecule has 1 N–H and O–H groups in total. The van der Waals surface area contributed by atoms with Crippen molar-refractivity contribution in [2.75, 3.05) is 7.11 Å². The Balaban J connectivity index is 2.40. The van der Waals surface area contributed by atoms with Crippen molar-refractivity contribution in [3.05, 3.63) is 63.6 Å². The van der Waals surface area contributed by atoms with Crippen molar-refractivity contribution in [3.63, 3.8) is 0 Å². The number of aryl methyl sites for hydroxylation is 1. The first kappa shape index (κ1) is 13.1. The Morgan fingerprint density at radius 2 is 1.83 bits per heavy atom. The summed E-state index contributed by atoms with van der Waals surface area (Å²) in [5.74, 6) is 0.766. The van der Waals surface area contributed by atoms with Gasteiger partial charge in [0.15, 0.2) is 0 Å². The fourth-order valence-electron chi connectivity index (χ4n) is 1.92. The summed E-state index contributed by atoms with van der Waals surface area (Å²) in [6, 6.07) is 13.4. The van der Waals surface area contributed by atoms with E-state index >= 15 is 0 Å². The third kappa shape index (κ3) is 2.57. The SMILES string of the molecule is COc1ccc(C(O)c2ccccc2C)c(Br)c1. The van der Waals surface area contributed by atoms with E-state index < -0.39 is 6.10 Å². The number of ether oxygens (including phenoxy) is 1. The van der Waals surface area contributed by atoms with E-state index in [1.807, 2.05) is 49.4 Å². The summed E-state index contributed by atoms with van der Waals surface area (Å²) in [6.45, 7) is 2.00. The molecule has 0 radical (unpaired) electrons. The molecule has 1 atom stereocenters.